The normalized spacial score (nSPS) is 24.6. The molecule has 4 rings (SSSR count). The van der Waals surface area contributed by atoms with Crippen LogP contribution < -0.4 is 10.1 Å². The molecule has 5 heteroatoms. The number of thioether (sulfide) groups is 1. The highest BCUT2D eigenvalue weighted by molar-refractivity contribution is 7.99. The molecule has 0 spiro atoms. The number of methoxy groups -OCH3 is 1. The van der Waals surface area contributed by atoms with Crippen LogP contribution in [-0.2, 0) is 4.79 Å². The number of rotatable bonds is 5. The van der Waals surface area contributed by atoms with Crippen molar-refractivity contribution in [3.63, 3.8) is 0 Å². The molecule has 2 aromatic carbocycles. The molecule has 1 fully saturated rings. The Labute approximate surface area is 171 Å². The third-order valence-corrected chi connectivity index (χ3v) is 7.20. The number of benzene rings is 2. The van der Waals surface area contributed by atoms with Crippen LogP contribution in [0.25, 0.3) is 0 Å². The second-order valence-corrected chi connectivity index (χ2v) is 8.81. The summed E-state index contributed by atoms with van der Waals surface area (Å²) in [6.45, 7) is 1.82. The van der Waals surface area contributed by atoms with Crippen LogP contribution in [0.3, 0.4) is 0 Å². The second-order valence-electron chi connectivity index (χ2n) is 7.75. The minimum Gasteiger partial charge on any atom is -0.497 e. The summed E-state index contributed by atoms with van der Waals surface area (Å²) in [6, 6.07) is 17.0. The highest BCUT2D eigenvalue weighted by atomic mass is 32.2. The van der Waals surface area contributed by atoms with Crippen molar-refractivity contribution in [1.29, 1.82) is 0 Å². The van der Waals surface area contributed by atoms with Crippen LogP contribution in [0.15, 0.2) is 53.4 Å². The van der Waals surface area contributed by atoms with Crippen molar-refractivity contribution in [1.82, 2.24) is 10.2 Å². The second kappa shape index (κ2) is 8.58. The highest BCUT2D eigenvalue weighted by Crippen LogP contribution is 2.40. The summed E-state index contributed by atoms with van der Waals surface area (Å²) in [6.07, 6.45) is 2.31. The van der Waals surface area contributed by atoms with Crippen molar-refractivity contribution in [3.8, 4) is 5.75 Å². The number of hydrogen-bond acceptors (Lipinski definition) is 4. The SMILES string of the molecule is COc1ccc(C2C(CNC(=O)C3CSc4ccccc43)CCCN2C)cc1. The van der Waals surface area contributed by atoms with Gasteiger partial charge in [-0.2, -0.15) is 0 Å². The topological polar surface area (TPSA) is 41.6 Å². The fraction of sp³-hybridized carbons (Fsp3) is 0.435. The molecule has 0 radical (unpaired) electrons. The van der Waals surface area contributed by atoms with Crippen molar-refractivity contribution >= 4 is 17.7 Å². The maximum Gasteiger partial charge on any atom is 0.228 e. The van der Waals surface area contributed by atoms with Gasteiger partial charge in [-0.1, -0.05) is 30.3 Å². The Hall–Kier alpha value is -1.98. The smallest absolute Gasteiger partial charge is 0.228 e. The standard InChI is InChI=1S/C23H28N2O2S/c1-25-13-5-6-17(22(25)16-9-11-18(27-2)12-10-16)14-24-23(26)20-15-28-21-8-4-3-7-19(20)21/h3-4,7-12,17,20,22H,5-6,13-15H2,1-2H3,(H,24,26). The number of amides is 1. The van der Waals surface area contributed by atoms with Gasteiger partial charge >= 0.3 is 0 Å². The number of hydrogen-bond donors (Lipinski definition) is 1. The van der Waals surface area contributed by atoms with Gasteiger partial charge in [0.15, 0.2) is 0 Å². The molecule has 1 amide bonds. The molecule has 2 aliphatic heterocycles. The molecule has 3 unspecified atom stereocenters. The van der Waals surface area contributed by atoms with Gasteiger partial charge in [0.25, 0.3) is 0 Å². The minimum absolute atomic E-state index is 0.0260. The number of likely N-dealkylation sites (tertiary alicyclic amines) is 1. The van der Waals surface area contributed by atoms with E-state index in [1.54, 1.807) is 18.9 Å². The largest absolute Gasteiger partial charge is 0.497 e. The summed E-state index contributed by atoms with van der Waals surface area (Å²) in [7, 11) is 3.88. The summed E-state index contributed by atoms with van der Waals surface area (Å²) in [5.41, 5.74) is 2.47. The van der Waals surface area contributed by atoms with E-state index in [9.17, 15) is 4.79 Å². The fourth-order valence-corrected chi connectivity index (χ4v) is 5.76. The number of ether oxygens (including phenoxy) is 1. The molecule has 3 atom stereocenters. The summed E-state index contributed by atoms with van der Waals surface area (Å²) < 4.78 is 5.30. The summed E-state index contributed by atoms with van der Waals surface area (Å²) in [4.78, 5) is 16.6. The Morgan fingerprint density at radius 2 is 2.00 bits per heavy atom. The van der Waals surface area contributed by atoms with Gasteiger partial charge in [-0.25, -0.2) is 0 Å². The molecule has 1 saturated heterocycles. The number of carbonyl (C=O) groups excluding carboxylic acids is 1. The van der Waals surface area contributed by atoms with Crippen LogP contribution >= 0.6 is 11.8 Å². The lowest BCUT2D eigenvalue weighted by molar-refractivity contribution is -0.122. The molecule has 28 heavy (non-hydrogen) atoms. The quantitative estimate of drug-likeness (QED) is 0.827. The van der Waals surface area contributed by atoms with Crippen LogP contribution in [0, 0.1) is 5.92 Å². The van der Waals surface area contributed by atoms with E-state index in [1.165, 1.54) is 22.4 Å². The Bertz CT molecular complexity index is 824. The van der Waals surface area contributed by atoms with E-state index in [-0.39, 0.29) is 11.8 Å². The van der Waals surface area contributed by atoms with Gasteiger partial charge in [0.2, 0.25) is 5.91 Å². The summed E-state index contributed by atoms with van der Waals surface area (Å²) in [5, 5.41) is 3.27. The van der Waals surface area contributed by atoms with Gasteiger partial charge in [0.05, 0.1) is 13.0 Å². The number of nitrogens with zero attached hydrogens (tertiary/aromatic N) is 1. The Balaban J connectivity index is 1.44. The number of fused-ring (bicyclic) bond motifs is 1. The summed E-state index contributed by atoms with van der Waals surface area (Å²) >= 11 is 1.79. The molecule has 4 nitrogen and oxygen atoms in total. The van der Waals surface area contributed by atoms with Crippen molar-refractivity contribution < 1.29 is 9.53 Å². The third-order valence-electron chi connectivity index (χ3n) is 6.02. The molecular formula is C23H28N2O2S. The van der Waals surface area contributed by atoms with Crippen molar-refractivity contribution in [3.05, 3.63) is 59.7 Å². The van der Waals surface area contributed by atoms with E-state index in [0.29, 0.717) is 12.0 Å². The molecule has 2 aliphatic rings. The van der Waals surface area contributed by atoms with Gasteiger partial charge in [-0.15, -0.1) is 11.8 Å². The van der Waals surface area contributed by atoms with Crippen molar-refractivity contribution in [2.75, 3.05) is 33.0 Å². The Morgan fingerprint density at radius 1 is 1.21 bits per heavy atom. The molecule has 1 N–H and O–H groups in total. The number of piperidine rings is 1. The lowest BCUT2D eigenvalue weighted by Crippen LogP contribution is -2.42. The number of carbonyl (C=O) groups is 1. The molecular weight excluding hydrogens is 368 g/mol. The van der Waals surface area contributed by atoms with Crippen LogP contribution in [0.1, 0.15) is 35.9 Å². The minimum atomic E-state index is -0.0260. The number of nitrogens with one attached hydrogen (secondary N) is 1. The zero-order valence-electron chi connectivity index (χ0n) is 16.6. The molecule has 0 aromatic heterocycles. The first-order valence-corrected chi connectivity index (χ1v) is 11.0. The van der Waals surface area contributed by atoms with Crippen molar-refractivity contribution in [2.45, 2.75) is 29.7 Å². The van der Waals surface area contributed by atoms with E-state index in [2.05, 4.69) is 41.5 Å². The van der Waals surface area contributed by atoms with Gasteiger partial charge in [-0.05, 0) is 61.7 Å². The van der Waals surface area contributed by atoms with Crippen LogP contribution in [0.2, 0.25) is 0 Å². The molecule has 0 saturated carbocycles. The van der Waals surface area contributed by atoms with Gasteiger partial charge in [0.1, 0.15) is 5.75 Å². The van der Waals surface area contributed by atoms with Crippen LogP contribution in [-0.4, -0.2) is 43.8 Å². The maximum atomic E-state index is 12.9. The van der Waals surface area contributed by atoms with Gasteiger partial charge in [0, 0.05) is 23.2 Å². The predicted octanol–water partition coefficient (Wildman–Crippen LogP) is 4.08. The Kier molecular flexibility index (Phi) is 5.93. The van der Waals surface area contributed by atoms with Gasteiger partial charge < -0.3 is 10.1 Å². The monoisotopic (exact) mass is 396 g/mol. The third kappa shape index (κ3) is 3.91. The zero-order valence-corrected chi connectivity index (χ0v) is 17.4. The maximum absolute atomic E-state index is 12.9. The van der Waals surface area contributed by atoms with Gasteiger partial charge in [-0.3, -0.25) is 9.69 Å². The first kappa shape index (κ1) is 19.3. The lowest BCUT2D eigenvalue weighted by atomic mass is 9.84. The molecule has 0 bridgehead atoms. The molecule has 148 valence electrons. The predicted molar refractivity (Wildman–Crippen MR) is 114 cm³/mol. The van der Waals surface area contributed by atoms with E-state index in [0.717, 1.165) is 31.0 Å². The highest BCUT2D eigenvalue weighted by Gasteiger charge is 2.33. The first-order chi connectivity index (χ1) is 13.7. The van der Waals surface area contributed by atoms with Crippen LogP contribution in [0.4, 0.5) is 0 Å². The van der Waals surface area contributed by atoms with E-state index >= 15 is 0 Å². The van der Waals surface area contributed by atoms with E-state index < -0.39 is 0 Å². The van der Waals surface area contributed by atoms with E-state index in [1.807, 2.05) is 24.3 Å². The lowest BCUT2D eigenvalue weighted by Gasteiger charge is -2.40. The van der Waals surface area contributed by atoms with Crippen LogP contribution in [0.5, 0.6) is 5.75 Å². The average Bonchev–Trinajstić information content (AvgIpc) is 3.16. The zero-order chi connectivity index (χ0) is 19.5. The molecule has 2 aromatic rings. The van der Waals surface area contributed by atoms with E-state index in [4.69, 9.17) is 4.74 Å². The summed E-state index contributed by atoms with van der Waals surface area (Å²) in [5.74, 6) is 2.28. The molecule has 2 heterocycles. The fourth-order valence-electron chi connectivity index (χ4n) is 4.54. The average molecular weight is 397 g/mol. The Morgan fingerprint density at radius 3 is 2.79 bits per heavy atom. The molecule has 0 aliphatic carbocycles. The first-order valence-electron chi connectivity index (χ1n) is 10.0. The van der Waals surface area contributed by atoms with Crippen molar-refractivity contribution in [2.24, 2.45) is 5.92 Å².